The van der Waals surface area contributed by atoms with Gasteiger partial charge in [-0.15, -0.1) is 0 Å². The number of hydrogen-bond acceptors (Lipinski definition) is 3. The molecule has 0 aliphatic rings. The lowest BCUT2D eigenvalue weighted by atomic mass is 10.1. The number of unbranched alkanes of at least 4 members (excludes halogenated alkanes) is 8. The maximum atomic E-state index is 11.4. The molecule has 0 bridgehead atoms. The van der Waals surface area contributed by atoms with Crippen molar-refractivity contribution in [1.29, 1.82) is 0 Å². The molecule has 0 unspecified atom stereocenters. The maximum Gasteiger partial charge on any atom is 0.305 e. The van der Waals surface area contributed by atoms with Crippen LogP contribution in [0.2, 0.25) is 0 Å². The van der Waals surface area contributed by atoms with Crippen molar-refractivity contribution >= 4 is 5.97 Å². The normalized spacial score (nSPS) is 10.8. The van der Waals surface area contributed by atoms with Gasteiger partial charge < -0.3 is 10.1 Å². The van der Waals surface area contributed by atoms with Crippen molar-refractivity contribution in [2.24, 2.45) is 0 Å². The molecule has 0 rings (SSSR count). The van der Waals surface area contributed by atoms with E-state index in [0.29, 0.717) is 13.0 Å². The van der Waals surface area contributed by atoms with Crippen molar-refractivity contribution in [2.75, 3.05) is 19.7 Å². The third-order valence-electron chi connectivity index (χ3n) is 3.70. The average Bonchev–Trinajstić information content (AvgIpc) is 2.49. The molecule has 0 saturated carbocycles. The van der Waals surface area contributed by atoms with E-state index >= 15 is 0 Å². The van der Waals surface area contributed by atoms with E-state index in [1.807, 2.05) is 0 Å². The molecule has 0 saturated heterocycles. The van der Waals surface area contributed by atoms with Crippen LogP contribution in [0.3, 0.4) is 0 Å². The van der Waals surface area contributed by atoms with E-state index in [1.54, 1.807) is 0 Å². The first-order valence-corrected chi connectivity index (χ1v) is 9.17. The lowest BCUT2D eigenvalue weighted by Crippen LogP contribution is -2.18. The molecule has 0 aliphatic carbocycles. The van der Waals surface area contributed by atoms with Crippen molar-refractivity contribution in [2.45, 2.75) is 90.9 Å². The molecule has 126 valence electrons. The largest absolute Gasteiger partial charge is 0.466 e. The minimum atomic E-state index is -0.0381. The second kappa shape index (κ2) is 17.5. The first kappa shape index (κ1) is 20.4. The molecule has 0 radical (unpaired) electrons. The smallest absolute Gasteiger partial charge is 0.305 e. The van der Waals surface area contributed by atoms with Gasteiger partial charge in [0.15, 0.2) is 0 Å². The molecule has 0 atom stereocenters. The fourth-order valence-corrected chi connectivity index (χ4v) is 2.30. The highest BCUT2D eigenvalue weighted by Crippen LogP contribution is 2.06. The van der Waals surface area contributed by atoms with E-state index in [9.17, 15) is 4.79 Å². The second-order valence-corrected chi connectivity index (χ2v) is 5.90. The Balaban J connectivity index is 3.09. The van der Waals surface area contributed by atoms with Crippen LogP contribution in [-0.4, -0.2) is 25.7 Å². The Hall–Kier alpha value is -0.570. The fourth-order valence-electron chi connectivity index (χ4n) is 2.30. The third-order valence-corrected chi connectivity index (χ3v) is 3.70. The average molecular weight is 299 g/mol. The molecule has 3 heteroatoms. The summed E-state index contributed by atoms with van der Waals surface area (Å²) in [7, 11) is 0. The van der Waals surface area contributed by atoms with Crippen LogP contribution in [0, 0.1) is 0 Å². The van der Waals surface area contributed by atoms with E-state index in [0.717, 1.165) is 32.4 Å². The lowest BCUT2D eigenvalue weighted by Gasteiger charge is -2.06. The summed E-state index contributed by atoms with van der Waals surface area (Å²) in [6.45, 7) is 7.01. The monoisotopic (exact) mass is 299 g/mol. The molecule has 21 heavy (non-hydrogen) atoms. The van der Waals surface area contributed by atoms with Gasteiger partial charge in [-0.05, 0) is 32.4 Å². The van der Waals surface area contributed by atoms with Gasteiger partial charge in [0.05, 0.1) is 6.61 Å². The van der Waals surface area contributed by atoms with E-state index in [2.05, 4.69) is 19.2 Å². The zero-order valence-corrected chi connectivity index (χ0v) is 14.4. The predicted octanol–water partition coefficient (Wildman–Crippen LogP) is 4.84. The summed E-state index contributed by atoms with van der Waals surface area (Å²) in [5, 5.41) is 3.41. The zero-order valence-electron chi connectivity index (χ0n) is 14.4. The SMILES string of the molecule is CCCCCCCCCNCCCC(=O)OCCCCC. The van der Waals surface area contributed by atoms with Gasteiger partial charge in [0.25, 0.3) is 0 Å². The van der Waals surface area contributed by atoms with Crippen LogP contribution in [0.1, 0.15) is 90.9 Å². The van der Waals surface area contributed by atoms with Gasteiger partial charge >= 0.3 is 5.97 Å². The summed E-state index contributed by atoms with van der Waals surface area (Å²) in [5.41, 5.74) is 0. The van der Waals surface area contributed by atoms with Gasteiger partial charge in [-0.25, -0.2) is 0 Å². The highest BCUT2D eigenvalue weighted by atomic mass is 16.5. The van der Waals surface area contributed by atoms with E-state index in [1.165, 1.54) is 51.4 Å². The first-order chi connectivity index (χ1) is 10.3. The Kier molecular flexibility index (Phi) is 17.0. The minimum Gasteiger partial charge on any atom is -0.466 e. The summed E-state index contributed by atoms with van der Waals surface area (Å²) in [6.07, 6.45) is 14.2. The standard InChI is InChI=1S/C18H37NO2/c1-3-5-7-8-9-10-11-15-19-16-13-14-18(20)21-17-12-6-4-2/h19H,3-17H2,1-2H3. The summed E-state index contributed by atoms with van der Waals surface area (Å²) in [6, 6.07) is 0. The summed E-state index contributed by atoms with van der Waals surface area (Å²) < 4.78 is 5.17. The molecule has 1 N–H and O–H groups in total. The molecule has 0 heterocycles. The number of ether oxygens (including phenoxy) is 1. The number of carbonyl (C=O) groups excluding carboxylic acids is 1. The molecule has 0 fully saturated rings. The van der Waals surface area contributed by atoms with Crippen molar-refractivity contribution < 1.29 is 9.53 Å². The molecule has 0 aromatic heterocycles. The number of rotatable bonds is 16. The first-order valence-electron chi connectivity index (χ1n) is 9.17. The molecule has 0 aliphatic heterocycles. The van der Waals surface area contributed by atoms with Crippen LogP contribution in [0.25, 0.3) is 0 Å². The highest BCUT2D eigenvalue weighted by molar-refractivity contribution is 5.69. The number of hydrogen-bond donors (Lipinski definition) is 1. The summed E-state index contributed by atoms with van der Waals surface area (Å²) >= 11 is 0. The van der Waals surface area contributed by atoms with Gasteiger partial charge in [-0.2, -0.15) is 0 Å². The van der Waals surface area contributed by atoms with Gasteiger partial charge in [-0.1, -0.05) is 65.2 Å². The van der Waals surface area contributed by atoms with Gasteiger partial charge in [0, 0.05) is 6.42 Å². The van der Waals surface area contributed by atoms with E-state index < -0.39 is 0 Å². The number of carbonyl (C=O) groups is 1. The Labute approximate surface area is 132 Å². The number of esters is 1. The topological polar surface area (TPSA) is 38.3 Å². The van der Waals surface area contributed by atoms with Crippen molar-refractivity contribution in [1.82, 2.24) is 5.32 Å². The van der Waals surface area contributed by atoms with Crippen LogP contribution in [-0.2, 0) is 9.53 Å². The van der Waals surface area contributed by atoms with Crippen LogP contribution in [0.5, 0.6) is 0 Å². The van der Waals surface area contributed by atoms with E-state index in [-0.39, 0.29) is 5.97 Å². The molecular formula is C18H37NO2. The Morgan fingerprint density at radius 2 is 1.33 bits per heavy atom. The van der Waals surface area contributed by atoms with Gasteiger partial charge in [0.2, 0.25) is 0 Å². The third kappa shape index (κ3) is 17.4. The maximum absolute atomic E-state index is 11.4. The van der Waals surface area contributed by atoms with Crippen LogP contribution < -0.4 is 5.32 Å². The van der Waals surface area contributed by atoms with Crippen LogP contribution in [0.15, 0.2) is 0 Å². The Morgan fingerprint density at radius 3 is 2.05 bits per heavy atom. The number of nitrogens with one attached hydrogen (secondary N) is 1. The molecule has 3 nitrogen and oxygen atoms in total. The Morgan fingerprint density at radius 1 is 0.762 bits per heavy atom. The second-order valence-electron chi connectivity index (χ2n) is 5.90. The molecule has 0 aromatic rings. The lowest BCUT2D eigenvalue weighted by molar-refractivity contribution is -0.143. The highest BCUT2D eigenvalue weighted by Gasteiger charge is 2.01. The minimum absolute atomic E-state index is 0.0381. The van der Waals surface area contributed by atoms with Crippen molar-refractivity contribution in [3.63, 3.8) is 0 Å². The predicted molar refractivity (Wildman–Crippen MR) is 90.6 cm³/mol. The fraction of sp³-hybridized carbons (Fsp3) is 0.944. The summed E-state index contributed by atoms with van der Waals surface area (Å²) in [5.74, 6) is -0.0381. The summed E-state index contributed by atoms with van der Waals surface area (Å²) in [4.78, 5) is 11.4. The molecule has 0 aromatic carbocycles. The van der Waals surface area contributed by atoms with Crippen LogP contribution in [0.4, 0.5) is 0 Å². The van der Waals surface area contributed by atoms with Crippen molar-refractivity contribution in [3.05, 3.63) is 0 Å². The van der Waals surface area contributed by atoms with E-state index in [4.69, 9.17) is 4.74 Å². The van der Waals surface area contributed by atoms with Gasteiger partial charge in [-0.3, -0.25) is 4.79 Å². The Bertz CT molecular complexity index is 219. The van der Waals surface area contributed by atoms with Crippen molar-refractivity contribution in [3.8, 4) is 0 Å². The van der Waals surface area contributed by atoms with Crippen LogP contribution >= 0.6 is 0 Å². The molecule has 0 spiro atoms. The zero-order chi connectivity index (χ0) is 15.6. The van der Waals surface area contributed by atoms with Gasteiger partial charge in [0.1, 0.15) is 0 Å². The quantitative estimate of drug-likeness (QED) is 0.327. The molecular weight excluding hydrogens is 262 g/mol. The molecule has 0 amide bonds.